The molecule has 1 aliphatic carbocycles. The molecule has 1 saturated carbocycles. The minimum absolute atomic E-state index is 0.535. The van der Waals surface area contributed by atoms with E-state index < -0.39 is 0 Å². The molecule has 0 heterocycles. The molecule has 88 valence electrons. The molecule has 1 atom stereocenters. The third kappa shape index (κ3) is 2.15. The van der Waals surface area contributed by atoms with Gasteiger partial charge in [-0.1, -0.05) is 23.8 Å². The molecule has 1 heteroatoms. The van der Waals surface area contributed by atoms with Crippen LogP contribution in [0.2, 0.25) is 0 Å². The Hall–Kier alpha value is -0.820. The molecule has 0 radical (unpaired) electrons. The summed E-state index contributed by atoms with van der Waals surface area (Å²) in [6.45, 7) is 6.73. The van der Waals surface area contributed by atoms with Gasteiger partial charge < -0.3 is 5.32 Å². The molecule has 0 spiro atoms. The molecular formula is C15H23N. The Morgan fingerprint density at radius 1 is 1.31 bits per heavy atom. The van der Waals surface area contributed by atoms with Gasteiger partial charge in [-0.25, -0.2) is 0 Å². The molecule has 1 fully saturated rings. The summed E-state index contributed by atoms with van der Waals surface area (Å²) < 4.78 is 0. The SMILES string of the molecule is CNC(C)C1(Cc2cc(C)ccc2C)CC1. The van der Waals surface area contributed by atoms with Gasteiger partial charge in [-0.3, -0.25) is 0 Å². The standard InChI is InChI=1S/C15H23N/c1-11-5-6-12(2)14(9-11)10-15(7-8-15)13(3)16-4/h5-6,9,13,16H,7-8,10H2,1-4H3. The first-order valence-electron chi connectivity index (χ1n) is 6.31. The van der Waals surface area contributed by atoms with E-state index in [4.69, 9.17) is 0 Å². The van der Waals surface area contributed by atoms with Crippen LogP contribution in [0.25, 0.3) is 0 Å². The summed E-state index contributed by atoms with van der Waals surface area (Å²) in [5, 5.41) is 3.42. The largest absolute Gasteiger partial charge is 0.317 e. The summed E-state index contributed by atoms with van der Waals surface area (Å²) in [6.07, 6.45) is 3.99. The molecular weight excluding hydrogens is 194 g/mol. The maximum atomic E-state index is 3.42. The second-order valence-electron chi connectivity index (χ2n) is 5.48. The Morgan fingerprint density at radius 2 is 2.00 bits per heavy atom. The van der Waals surface area contributed by atoms with Crippen LogP contribution in [-0.4, -0.2) is 13.1 Å². The van der Waals surface area contributed by atoms with Crippen molar-refractivity contribution in [1.29, 1.82) is 0 Å². The molecule has 2 rings (SSSR count). The van der Waals surface area contributed by atoms with Crippen molar-refractivity contribution in [3.05, 3.63) is 34.9 Å². The lowest BCUT2D eigenvalue weighted by molar-refractivity contribution is 0.369. The van der Waals surface area contributed by atoms with Gasteiger partial charge in [0.2, 0.25) is 0 Å². The maximum Gasteiger partial charge on any atom is 0.00953 e. The van der Waals surface area contributed by atoms with Gasteiger partial charge in [0.1, 0.15) is 0 Å². The quantitative estimate of drug-likeness (QED) is 0.816. The maximum absolute atomic E-state index is 3.42. The summed E-state index contributed by atoms with van der Waals surface area (Å²) in [6, 6.07) is 7.45. The second kappa shape index (κ2) is 4.21. The van der Waals surface area contributed by atoms with E-state index in [0.717, 1.165) is 0 Å². The molecule has 0 bridgehead atoms. The predicted octanol–water partition coefficient (Wildman–Crippen LogP) is 3.23. The molecule has 1 aromatic carbocycles. The molecule has 1 nitrogen and oxygen atoms in total. The number of rotatable bonds is 4. The first-order chi connectivity index (χ1) is 7.57. The lowest BCUT2D eigenvalue weighted by atomic mass is 9.87. The first kappa shape index (κ1) is 11.7. The van der Waals surface area contributed by atoms with Gasteiger partial charge in [-0.05, 0) is 63.6 Å². The van der Waals surface area contributed by atoms with Crippen molar-refractivity contribution in [1.82, 2.24) is 5.32 Å². The van der Waals surface area contributed by atoms with Crippen LogP contribution in [0.15, 0.2) is 18.2 Å². The fourth-order valence-corrected chi connectivity index (χ4v) is 2.60. The van der Waals surface area contributed by atoms with E-state index in [-0.39, 0.29) is 0 Å². The van der Waals surface area contributed by atoms with E-state index in [1.54, 1.807) is 5.56 Å². The molecule has 0 aliphatic heterocycles. The smallest absolute Gasteiger partial charge is 0.00953 e. The van der Waals surface area contributed by atoms with E-state index in [9.17, 15) is 0 Å². The molecule has 16 heavy (non-hydrogen) atoms. The minimum Gasteiger partial charge on any atom is -0.317 e. The van der Waals surface area contributed by atoms with Crippen LogP contribution in [0.5, 0.6) is 0 Å². The number of benzene rings is 1. The fraction of sp³-hybridized carbons (Fsp3) is 0.600. The Morgan fingerprint density at radius 3 is 2.56 bits per heavy atom. The van der Waals surface area contributed by atoms with Crippen molar-refractivity contribution in [3.63, 3.8) is 0 Å². The van der Waals surface area contributed by atoms with Crippen LogP contribution in [0, 0.1) is 19.3 Å². The number of aryl methyl sites for hydroxylation is 2. The van der Waals surface area contributed by atoms with Crippen LogP contribution in [-0.2, 0) is 6.42 Å². The third-order valence-electron chi connectivity index (χ3n) is 4.29. The molecule has 1 aromatic rings. The zero-order chi connectivity index (χ0) is 11.8. The second-order valence-corrected chi connectivity index (χ2v) is 5.48. The van der Waals surface area contributed by atoms with Gasteiger partial charge in [0, 0.05) is 6.04 Å². The topological polar surface area (TPSA) is 12.0 Å². The lowest BCUT2D eigenvalue weighted by Crippen LogP contribution is -2.33. The Bertz CT molecular complexity index is 377. The fourth-order valence-electron chi connectivity index (χ4n) is 2.60. The normalized spacial score (nSPS) is 19.5. The zero-order valence-corrected chi connectivity index (χ0v) is 10.9. The van der Waals surface area contributed by atoms with Crippen LogP contribution < -0.4 is 5.32 Å². The number of nitrogens with one attached hydrogen (secondary N) is 1. The minimum atomic E-state index is 0.535. The molecule has 0 aromatic heterocycles. The van der Waals surface area contributed by atoms with Crippen molar-refractivity contribution in [2.24, 2.45) is 5.41 Å². The van der Waals surface area contributed by atoms with Crippen molar-refractivity contribution in [2.45, 2.75) is 46.1 Å². The highest BCUT2D eigenvalue weighted by Crippen LogP contribution is 2.51. The Labute approximate surface area is 99.3 Å². The van der Waals surface area contributed by atoms with Gasteiger partial charge in [0.05, 0.1) is 0 Å². The Balaban J connectivity index is 2.18. The van der Waals surface area contributed by atoms with E-state index in [1.165, 1.54) is 30.4 Å². The van der Waals surface area contributed by atoms with Gasteiger partial charge >= 0.3 is 0 Å². The summed E-state index contributed by atoms with van der Waals surface area (Å²) in [4.78, 5) is 0. The third-order valence-corrected chi connectivity index (χ3v) is 4.29. The van der Waals surface area contributed by atoms with Gasteiger partial charge in [-0.2, -0.15) is 0 Å². The number of hydrogen-bond donors (Lipinski definition) is 1. The predicted molar refractivity (Wildman–Crippen MR) is 69.8 cm³/mol. The summed E-state index contributed by atoms with van der Waals surface area (Å²) in [5.41, 5.74) is 4.90. The van der Waals surface area contributed by atoms with E-state index in [2.05, 4.69) is 51.3 Å². The zero-order valence-electron chi connectivity index (χ0n) is 10.9. The highest BCUT2D eigenvalue weighted by Gasteiger charge is 2.46. The van der Waals surface area contributed by atoms with Crippen LogP contribution in [0.4, 0.5) is 0 Å². The Kier molecular flexibility index (Phi) is 3.07. The van der Waals surface area contributed by atoms with Gasteiger partial charge in [0.15, 0.2) is 0 Å². The summed E-state index contributed by atoms with van der Waals surface area (Å²) in [5.74, 6) is 0. The summed E-state index contributed by atoms with van der Waals surface area (Å²) >= 11 is 0. The summed E-state index contributed by atoms with van der Waals surface area (Å²) in [7, 11) is 2.08. The van der Waals surface area contributed by atoms with Crippen molar-refractivity contribution >= 4 is 0 Å². The van der Waals surface area contributed by atoms with Crippen LogP contribution in [0.3, 0.4) is 0 Å². The van der Waals surface area contributed by atoms with Gasteiger partial charge in [-0.15, -0.1) is 0 Å². The van der Waals surface area contributed by atoms with Crippen molar-refractivity contribution in [3.8, 4) is 0 Å². The molecule has 0 amide bonds. The van der Waals surface area contributed by atoms with E-state index in [1.807, 2.05) is 0 Å². The monoisotopic (exact) mass is 217 g/mol. The van der Waals surface area contributed by atoms with E-state index >= 15 is 0 Å². The van der Waals surface area contributed by atoms with Gasteiger partial charge in [0.25, 0.3) is 0 Å². The van der Waals surface area contributed by atoms with Crippen LogP contribution in [0.1, 0.15) is 36.5 Å². The lowest BCUT2D eigenvalue weighted by Gasteiger charge is -2.24. The number of hydrogen-bond acceptors (Lipinski definition) is 1. The molecule has 0 saturated heterocycles. The van der Waals surface area contributed by atoms with Crippen molar-refractivity contribution in [2.75, 3.05) is 7.05 Å². The first-order valence-corrected chi connectivity index (χ1v) is 6.31. The van der Waals surface area contributed by atoms with E-state index in [0.29, 0.717) is 11.5 Å². The molecule has 1 N–H and O–H groups in total. The van der Waals surface area contributed by atoms with Crippen molar-refractivity contribution < 1.29 is 0 Å². The van der Waals surface area contributed by atoms with Crippen LogP contribution >= 0.6 is 0 Å². The average molecular weight is 217 g/mol. The molecule has 1 unspecified atom stereocenters. The highest BCUT2D eigenvalue weighted by molar-refractivity contribution is 5.32. The highest BCUT2D eigenvalue weighted by atomic mass is 14.9. The average Bonchev–Trinajstić information content (AvgIpc) is 3.03. The molecule has 1 aliphatic rings.